The molecule has 12 nitrogen and oxygen atoms in total. The van der Waals surface area contributed by atoms with E-state index in [9.17, 15) is 0 Å². The maximum Gasteiger partial charge on any atom is 0.197 e. The minimum atomic E-state index is 0. The molecule has 16 heteroatoms. The first kappa shape index (κ1) is 41.0. The van der Waals surface area contributed by atoms with Gasteiger partial charge in [-0.1, -0.05) is 17.8 Å². The Morgan fingerprint density at radius 2 is 1.51 bits per heavy atom. The number of nitrogen functional groups attached to an aromatic ring is 2. The standard InChI is InChI=1S/C14H18N6S.C8H11N3.C6H7N3S.CH4.2ClH/c15-14-16-8-12(17-14)2-1-3-13-9-20(19-18-13)6-4-11-5-7-21-10-11;1-2-3-4-5-7-6-10-8(9)11-7;7-9-8-3-1-6-2-4-10-5-6;;;/h5,7-10H,1-4,6H2,(H3,15,16,17);1,6H,3-5H2,(H3,9,10,11);2,4-5H,1,3H2;1H4;2*1H. The van der Waals surface area contributed by atoms with Crippen molar-refractivity contribution in [1.29, 1.82) is 0 Å². The van der Waals surface area contributed by atoms with E-state index in [-0.39, 0.29) is 32.2 Å². The second-order valence-corrected chi connectivity index (χ2v) is 10.7. The molecule has 5 aromatic heterocycles. The smallest absolute Gasteiger partial charge is 0.197 e. The molecule has 0 radical (unpaired) electrons. The van der Waals surface area contributed by atoms with Crippen molar-refractivity contribution in [3.63, 3.8) is 0 Å². The maximum atomic E-state index is 7.96. The Labute approximate surface area is 284 Å². The number of aromatic amines is 2. The van der Waals surface area contributed by atoms with Gasteiger partial charge in [0.05, 0.1) is 18.1 Å². The van der Waals surface area contributed by atoms with Crippen molar-refractivity contribution in [2.45, 2.75) is 65.3 Å². The third-order valence-electron chi connectivity index (χ3n) is 5.88. The van der Waals surface area contributed by atoms with Gasteiger partial charge in [0, 0.05) is 42.0 Å². The summed E-state index contributed by atoms with van der Waals surface area (Å²) in [5, 5.41) is 20.2. The zero-order valence-electron chi connectivity index (χ0n) is 24.2. The quantitative estimate of drug-likeness (QED) is 0.0335. The van der Waals surface area contributed by atoms with Crippen LogP contribution in [0.4, 0.5) is 11.9 Å². The minimum Gasteiger partial charge on any atom is -0.369 e. The van der Waals surface area contributed by atoms with E-state index < -0.39 is 0 Å². The first-order valence-corrected chi connectivity index (χ1v) is 15.4. The molecule has 5 rings (SSSR count). The van der Waals surface area contributed by atoms with Crippen LogP contribution < -0.4 is 11.5 Å². The van der Waals surface area contributed by atoms with Crippen LogP contribution in [0.25, 0.3) is 10.4 Å². The van der Waals surface area contributed by atoms with Crippen LogP contribution in [0.2, 0.25) is 0 Å². The van der Waals surface area contributed by atoms with E-state index in [4.69, 9.17) is 23.4 Å². The molecule has 0 aliphatic carbocycles. The number of nitrogens with one attached hydrogen (secondary N) is 2. The van der Waals surface area contributed by atoms with E-state index in [1.54, 1.807) is 35.1 Å². The average molecular weight is 694 g/mol. The summed E-state index contributed by atoms with van der Waals surface area (Å²) >= 11 is 3.39. The number of imidazole rings is 2. The molecule has 45 heavy (non-hydrogen) atoms. The van der Waals surface area contributed by atoms with E-state index in [0.29, 0.717) is 18.4 Å². The molecule has 0 aromatic carbocycles. The number of halogens is 2. The summed E-state index contributed by atoms with van der Waals surface area (Å²) < 4.78 is 1.92. The van der Waals surface area contributed by atoms with Crippen molar-refractivity contribution in [3.8, 4) is 12.3 Å². The van der Waals surface area contributed by atoms with Gasteiger partial charge in [0.2, 0.25) is 0 Å². The number of unbranched alkanes of at least 4 members (excludes halogenated alkanes) is 1. The van der Waals surface area contributed by atoms with Crippen molar-refractivity contribution in [3.05, 3.63) is 90.9 Å². The molecule has 5 heterocycles. The van der Waals surface area contributed by atoms with Crippen molar-refractivity contribution in [1.82, 2.24) is 34.9 Å². The van der Waals surface area contributed by atoms with Crippen molar-refractivity contribution < 1.29 is 0 Å². The molecule has 0 atom stereocenters. The normalized spacial score (nSPS) is 9.40. The molecule has 0 aliphatic heterocycles. The Morgan fingerprint density at radius 3 is 2.02 bits per heavy atom. The monoisotopic (exact) mass is 692 g/mol. The van der Waals surface area contributed by atoms with Crippen LogP contribution in [-0.4, -0.2) is 41.5 Å². The molecule has 0 spiro atoms. The van der Waals surface area contributed by atoms with Gasteiger partial charge < -0.3 is 21.4 Å². The van der Waals surface area contributed by atoms with Crippen molar-refractivity contribution in [2.24, 2.45) is 5.11 Å². The van der Waals surface area contributed by atoms with Crippen LogP contribution in [-0.2, 0) is 38.6 Å². The molecular weight excluding hydrogens is 651 g/mol. The predicted octanol–water partition coefficient (Wildman–Crippen LogP) is 7.09. The first-order chi connectivity index (χ1) is 20.6. The number of aryl methyl sites for hydroxylation is 5. The molecule has 0 saturated heterocycles. The van der Waals surface area contributed by atoms with E-state index in [0.717, 1.165) is 75.0 Å². The molecule has 0 fully saturated rings. The van der Waals surface area contributed by atoms with Gasteiger partial charge in [-0.3, -0.25) is 4.68 Å². The molecular formula is C29H42Cl2N12S2. The number of thiophene rings is 2. The van der Waals surface area contributed by atoms with Gasteiger partial charge in [-0.05, 0) is 95.3 Å². The van der Waals surface area contributed by atoms with Gasteiger partial charge in [-0.2, -0.15) is 22.7 Å². The molecule has 0 unspecified atom stereocenters. The molecule has 5 aromatic rings. The highest BCUT2D eigenvalue weighted by molar-refractivity contribution is 7.08. The van der Waals surface area contributed by atoms with Gasteiger partial charge in [0.1, 0.15) is 0 Å². The summed E-state index contributed by atoms with van der Waals surface area (Å²) in [6, 6.07) is 4.19. The lowest BCUT2D eigenvalue weighted by Gasteiger charge is -1.98. The molecule has 0 aliphatic rings. The van der Waals surface area contributed by atoms with Gasteiger partial charge in [0.15, 0.2) is 11.9 Å². The molecule has 244 valence electrons. The SMILES string of the molecule is C.C#CCCCc1cnc(N)[nH]1.Cl.Cl.Nc1ncc(CCCc2cn(CCc3ccsc3)nn2)[nH]1.[N-]=[N+]=NCCc1ccsc1. The van der Waals surface area contributed by atoms with Crippen molar-refractivity contribution in [2.75, 3.05) is 18.0 Å². The molecule has 0 saturated carbocycles. The Kier molecular flexibility index (Phi) is 22.2. The van der Waals surface area contributed by atoms with Crippen LogP contribution >= 0.6 is 47.5 Å². The number of anilines is 2. The fourth-order valence-electron chi connectivity index (χ4n) is 3.75. The zero-order valence-corrected chi connectivity index (χ0v) is 27.5. The number of H-pyrrole nitrogens is 2. The maximum absolute atomic E-state index is 7.96. The summed E-state index contributed by atoms with van der Waals surface area (Å²) in [5.74, 6) is 3.53. The number of azide groups is 1. The molecule has 6 N–H and O–H groups in total. The van der Waals surface area contributed by atoms with E-state index in [2.05, 4.69) is 68.4 Å². The van der Waals surface area contributed by atoms with Gasteiger partial charge in [-0.15, -0.1) is 42.3 Å². The number of hydrogen-bond acceptors (Lipinski definition) is 9. The van der Waals surface area contributed by atoms with Gasteiger partial charge >= 0.3 is 0 Å². The summed E-state index contributed by atoms with van der Waals surface area (Å²) in [6.07, 6.45) is 18.1. The summed E-state index contributed by atoms with van der Waals surface area (Å²) in [7, 11) is 0. The summed E-state index contributed by atoms with van der Waals surface area (Å²) in [6.45, 7) is 1.44. The highest BCUT2D eigenvalue weighted by Crippen LogP contribution is 2.09. The Balaban J connectivity index is 0.000000690. The Bertz CT molecular complexity index is 1500. The third-order valence-corrected chi connectivity index (χ3v) is 7.35. The largest absolute Gasteiger partial charge is 0.369 e. The van der Waals surface area contributed by atoms with Gasteiger partial charge in [0.25, 0.3) is 0 Å². The number of hydrogen-bond donors (Lipinski definition) is 4. The lowest BCUT2D eigenvalue weighted by Crippen LogP contribution is -2.01. The van der Waals surface area contributed by atoms with Crippen LogP contribution in [0, 0.1) is 12.3 Å². The highest BCUT2D eigenvalue weighted by Gasteiger charge is 2.03. The van der Waals surface area contributed by atoms with Crippen LogP contribution in [0.5, 0.6) is 0 Å². The van der Waals surface area contributed by atoms with Crippen LogP contribution in [0.3, 0.4) is 0 Å². The van der Waals surface area contributed by atoms with E-state index in [1.165, 1.54) is 11.1 Å². The lowest BCUT2D eigenvalue weighted by molar-refractivity contribution is 0.589. The Hall–Kier alpha value is -3.99. The number of nitrogens with zero attached hydrogens (tertiary/aromatic N) is 8. The number of rotatable bonds is 13. The molecule has 0 bridgehead atoms. The summed E-state index contributed by atoms with van der Waals surface area (Å²) in [5.41, 5.74) is 24.6. The predicted molar refractivity (Wildman–Crippen MR) is 191 cm³/mol. The zero-order chi connectivity index (χ0) is 29.8. The van der Waals surface area contributed by atoms with E-state index >= 15 is 0 Å². The fraction of sp³-hybridized carbons (Fsp3) is 0.379. The molecule has 0 amide bonds. The topological polar surface area (TPSA) is 189 Å². The summed E-state index contributed by atoms with van der Waals surface area (Å²) in [4.78, 5) is 16.5. The second kappa shape index (κ2) is 24.3. The third kappa shape index (κ3) is 17.2. The van der Waals surface area contributed by atoms with Crippen molar-refractivity contribution >= 4 is 59.4 Å². The fourth-order valence-corrected chi connectivity index (χ4v) is 5.15. The average Bonchev–Trinajstić information content (AvgIpc) is 3.82. The van der Waals surface area contributed by atoms with Crippen LogP contribution in [0.15, 0.2) is 57.4 Å². The highest BCUT2D eigenvalue weighted by atomic mass is 35.5. The number of aromatic nitrogens is 7. The van der Waals surface area contributed by atoms with Gasteiger partial charge in [-0.25, -0.2) is 9.97 Å². The second-order valence-electron chi connectivity index (χ2n) is 9.19. The first-order valence-electron chi connectivity index (χ1n) is 13.5. The minimum absolute atomic E-state index is 0. The Morgan fingerprint density at radius 1 is 0.911 bits per heavy atom. The van der Waals surface area contributed by atoms with Crippen LogP contribution in [0.1, 0.15) is 54.9 Å². The number of terminal acetylenes is 1. The number of nitrogens with two attached hydrogens (primary N) is 2. The lowest BCUT2D eigenvalue weighted by atomic mass is 10.2. The van der Waals surface area contributed by atoms with E-state index in [1.807, 2.05) is 22.3 Å².